The van der Waals surface area contributed by atoms with Gasteiger partial charge in [0.05, 0.1) is 19.3 Å². The number of rotatable bonds is 5. The molecule has 1 fully saturated rings. The third kappa shape index (κ3) is 3.56. The number of esters is 1. The van der Waals surface area contributed by atoms with E-state index in [1.54, 1.807) is 29.2 Å². The highest BCUT2D eigenvalue weighted by Gasteiger charge is 2.30. The highest BCUT2D eigenvalue weighted by atomic mass is 16.5. The fourth-order valence-corrected chi connectivity index (χ4v) is 2.77. The Balaban J connectivity index is 1.56. The number of para-hydroxylation sites is 1. The quantitative estimate of drug-likeness (QED) is 0.793. The number of hydrogen-bond donors (Lipinski definition) is 0. The molecule has 0 spiro atoms. The van der Waals surface area contributed by atoms with Crippen molar-refractivity contribution in [2.45, 2.75) is 6.42 Å². The Hall–Kier alpha value is -2.82. The highest BCUT2D eigenvalue weighted by molar-refractivity contribution is 5.95. The Morgan fingerprint density at radius 2 is 1.83 bits per heavy atom. The van der Waals surface area contributed by atoms with Crippen LogP contribution < -0.4 is 9.64 Å². The van der Waals surface area contributed by atoms with Crippen molar-refractivity contribution in [2.75, 3.05) is 25.2 Å². The van der Waals surface area contributed by atoms with E-state index in [0.29, 0.717) is 30.9 Å². The van der Waals surface area contributed by atoms with Gasteiger partial charge in [-0.05, 0) is 36.4 Å². The van der Waals surface area contributed by atoms with Crippen LogP contribution in [0.25, 0.3) is 0 Å². The first-order valence-electron chi connectivity index (χ1n) is 7.84. The zero-order chi connectivity index (χ0) is 16.9. The fraction of sp³-hybridized carbons (Fsp3) is 0.263. The van der Waals surface area contributed by atoms with Crippen molar-refractivity contribution in [2.24, 2.45) is 5.92 Å². The molecule has 0 radical (unpaired) electrons. The monoisotopic (exact) mass is 325 g/mol. The maximum atomic E-state index is 12.2. The molecule has 0 aromatic heterocycles. The van der Waals surface area contributed by atoms with Gasteiger partial charge >= 0.3 is 5.97 Å². The summed E-state index contributed by atoms with van der Waals surface area (Å²) in [4.78, 5) is 25.4. The van der Waals surface area contributed by atoms with E-state index in [0.717, 1.165) is 5.69 Å². The first-order valence-corrected chi connectivity index (χ1v) is 7.84. The summed E-state index contributed by atoms with van der Waals surface area (Å²) in [5.74, 6) is 0.573. The number of carbonyl (C=O) groups excluding carboxylic acids is 2. The third-order valence-electron chi connectivity index (χ3n) is 4.03. The van der Waals surface area contributed by atoms with E-state index in [9.17, 15) is 9.59 Å². The molecule has 0 bridgehead atoms. The van der Waals surface area contributed by atoms with Crippen molar-refractivity contribution in [1.82, 2.24) is 0 Å². The first-order chi connectivity index (χ1) is 11.7. The maximum Gasteiger partial charge on any atom is 0.337 e. The van der Waals surface area contributed by atoms with Crippen LogP contribution in [-0.4, -0.2) is 32.1 Å². The van der Waals surface area contributed by atoms with Gasteiger partial charge in [-0.2, -0.15) is 0 Å². The smallest absolute Gasteiger partial charge is 0.337 e. The summed E-state index contributed by atoms with van der Waals surface area (Å²) in [5, 5.41) is 0. The third-order valence-corrected chi connectivity index (χ3v) is 4.03. The molecule has 1 aliphatic heterocycles. The number of anilines is 1. The Kier molecular flexibility index (Phi) is 4.79. The molecule has 2 aromatic rings. The van der Waals surface area contributed by atoms with Crippen LogP contribution in [0.4, 0.5) is 5.69 Å². The number of nitrogens with zero attached hydrogens (tertiary/aromatic N) is 1. The zero-order valence-electron chi connectivity index (χ0n) is 13.5. The van der Waals surface area contributed by atoms with Crippen LogP contribution in [0, 0.1) is 5.92 Å². The Bertz CT molecular complexity index is 712. The van der Waals surface area contributed by atoms with Gasteiger partial charge in [0, 0.05) is 24.6 Å². The molecule has 124 valence electrons. The van der Waals surface area contributed by atoms with Gasteiger partial charge in [0.1, 0.15) is 5.75 Å². The van der Waals surface area contributed by atoms with Crippen molar-refractivity contribution in [3.8, 4) is 5.75 Å². The zero-order valence-corrected chi connectivity index (χ0v) is 13.5. The molecule has 24 heavy (non-hydrogen) atoms. The molecule has 5 nitrogen and oxygen atoms in total. The van der Waals surface area contributed by atoms with Gasteiger partial charge in [0.25, 0.3) is 0 Å². The van der Waals surface area contributed by atoms with Gasteiger partial charge in [-0.15, -0.1) is 0 Å². The van der Waals surface area contributed by atoms with Crippen LogP contribution in [0.5, 0.6) is 5.75 Å². The SMILES string of the molecule is COC(=O)c1ccc(OCC2CC(=O)N(c3ccccc3)C2)cc1. The number of hydrogen-bond acceptors (Lipinski definition) is 4. The second-order valence-electron chi connectivity index (χ2n) is 5.74. The molecule has 1 amide bonds. The average molecular weight is 325 g/mol. The molecule has 1 heterocycles. The maximum absolute atomic E-state index is 12.2. The second kappa shape index (κ2) is 7.17. The predicted molar refractivity (Wildman–Crippen MR) is 90.2 cm³/mol. The molecule has 0 N–H and O–H groups in total. The first kappa shape index (κ1) is 16.1. The number of amides is 1. The van der Waals surface area contributed by atoms with Crippen molar-refractivity contribution in [3.05, 3.63) is 60.2 Å². The Morgan fingerprint density at radius 1 is 1.12 bits per heavy atom. The molecule has 0 saturated carbocycles. The lowest BCUT2D eigenvalue weighted by molar-refractivity contribution is -0.117. The number of ether oxygens (including phenoxy) is 2. The van der Waals surface area contributed by atoms with Gasteiger partial charge in [-0.3, -0.25) is 4.79 Å². The lowest BCUT2D eigenvalue weighted by Gasteiger charge is -2.17. The minimum atomic E-state index is -0.374. The topological polar surface area (TPSA) is 55.8 Å². The molecule has 5 heteroatoms. The summed E-state index contributed by atoms with van der Waals surface area (Å²) in [5.41, 5.74) is 1.41. The molecular weight excluding hydrogens is 306 g/mol. The van der Waals surface area contributed by atoms with E-state index in [2.05, 4.69) is 4.74 Å². The van der Waals surface area contributed by atoms with Crippen LogP contribution in [0.2, 0.25) is 0 Å². The minimum Gasteiger partial charge on any atom is -0.493 e. The molecule has 1 atom stereocenters. The summed E-state index contributed by atoms with van der Waals surface area (Å²) < 4.78 is 10.4. The molecule has 2 aromatic carbocycles. The van der Waals surface area contributed by atoms with Crippen LogP contribution in [0.1, 0.15) is 16.8 Å². The number of methoxy groups -OCH3 is 1. The summed E-state index contributed by atoms with van der Waals surface area (Å²) >= 11 is 0. The summed E-state index contributed by atoms with van der Waals surface area (Å²) in [7, 11) is 1.35. The molecule has 0 aliphatic carbocycles. The van der Waals surface area contributed by atoms with Gasteiger partial charge in [0.2, 0.25) is 5.91 Å². The number of benzene rings is 2. The minimum absolute atomic E-state index is 0.121. The van der Waals surface area contributed by atoms with Crippen LogP contribution in [0.15, 0.2) is 54.6 Å². The standard InChI is InChI=1S/C19H19NO4/c1-23-19(22)15-7-9-17(10-8-15)24-13-14-11-18(21)20(12-14)16-5-3-2-4-6-16/h2-10,14H,11-13H2,1H3. The lowest BCUT2D eigenvalue weighted by atomic mass is 10.1. The van der Waals surface area contributed by atoms with Crippen LogP contribution in [-0.2, 0) is 9.53 Å². The molecular formula is C19H19NO4. The predicted octanol–water partition coefficient (Wildman–Crippen LogP) is 2.91. The Labute approximate surface area is 140 Å². The van der Waals surface area contributed by atoms with E-state index in [4.69, 9.17) is 4.74 Å². The van der Waals surface area contributed by atoms with Crippen molar-refractivity contribution in [1.29, 1.82) is 0 Å². The van der Waals surface area contributed by atoms with E-state index in [-0.39, 0.29) is 17.8 Å². The van der Waals surface area contributed by atoms with E-state index in [1.165, 1.54) is 7.11 Å². The van der Waals surface area contributed by atoms with E-state index < -0.39 is 0 Å². The second-order valence-corrected chi connectivity index (χ2v) is 5.74. The largest absolute Gasteiger partial charge is 0.493 e. The average Bonchev–Trinajstić information content (AvgIpc) is 3.01. The van der Waals surface area contributed by atoms with E-state index >= 15 is 0 Å². The van der Waals surface area contributed by atoms with Crippen molar-refractivity contribution >= 4 is 17.6 Å². The number of carbonyl (C=O) groups is 2. The van der Waals surface area contributed by atoms with Crippen molar-refractivity contribution < 1.29 is 19.1 Å². The molecule has 3 rings (SSSR count). The van der Waals surface area contributed by atoms with Crippen LogP contribution in [0.3, 0.4) is 0 Å². The van der Waals surface area contributed by atoms with Gasteiger partial charge in [-0.25, -0.2) is 4.79 Å². The van der Waals surface area contributed by atoms with Gasteiger partial charge in [0.15, 0.2) is 0 Å². The highest BCUT2D eigenvalue weighted by Crippen LogP contribution is 2.25. The molecule has 1 unspecified atom stereocenters. The fourth-order valence-electron chi connectivity index (χ4n) is 2.77. The normalized spacial score (nSPS) is 17.0. The Morgan fingerprint density at radius 3 is 2.50 bits per heavy atom. The molecule has 1 aliphatic rings. The van der Waals surface area contributed by atoms with Crippen molar-refractivity contribution in [3.63, 3.8) is 0 Å². The summed E-state index contributed by atoms with van der Waals surface area (Å²) in [6.45, 7) is 1.12. The van der Waals surface area contributed by atoms with Gasteiger partial charge < -0.3 is 14.4 Å². The summed E-state index contributed by atoms with van der Waals surface area (Å²) in [6.07, 6.45) is 0.481. The molecule has 1 saturated heterocycles. The lowest BCUT2D eigenvalue weighted by Crippen LogP contribution is -2.25. The summed E-state index contributed by atoms with van der Waals surface area (Å²) in [6, 6.07) is 16.5. The van der Waals surface area contributed by atoms with E-state index in [1.807, 2.05) is 30.3 Å². The van der Waals surface area contributed by atoms with Crippen LogP contribution >= 0.6 is 0 Å². The van der Waals surface area contributed by atoms with Gasteiger partial charge in [-0.1, -0.05) is 18.2 Å².